The molecule has 0 atom stereocenters. The maximum atomic E-state index is 6.82. The molecule has 4 aromatic heterocycles. The zero-order chi connectivity index (χ0) is 30.1. The number of nitrogens with zero attached hydrogens (tertiary/aromatic N) is 5. The van der Waals surface area contributed by atoms with Gasteiger partial charge >= 0.3 is 0 Å². The fourth-order valence-corrected chi connectivity index (χ4v) is 6.94. The van der Waals surface area contributed by atoms with E-state index in [9.17, 15) is 0 Å². The summed E-state index contributed by atoms with van der Waals surface area (Å²) in [6.07, 6.45) is 5.70. The summed E-state index contributed by atoms with van der Waals surface area (Å²) in [4.78, 5) is 22.1. The van der Waals surface area contributed by atoms with Gasteiger partial charge in [0.1, 0.15) is 11.4 Å². The summed E-state index contributed by atoms with van der Waals surface area (Å²) >= 11 is 0. The lowest BCUT2D eigenvalue weighted by Gasteiger charge is -2.41. The van der Waals surface area contributed by atoms with E-state index in [1.54, 1.807) is 0 Å². The molecule has 6 nitrogen and oxygen atoms in total. The van der Waals surface area contributed by atoms with Gasteiger partial charge in [0.15, 0.2) is 11.4 Å². The average molecular weight is 582 g/mol. The van der Waals surface area contributed by atoms with E-state index in [4.69, 9.17) is 19.4 Å². The van der Waals surface area contributed by atoms with Crippen LogP contribution in [0.1, 0.15) is 25.1 Å². The SMILES string of the molecule is CC1(C)c2ncccc2N(c2cc(-c3ccccc3)nc(-c3ccccc3)n2)c2c1c1ccncc1c1c2oc2ccccc21. The monoisotopic (exact) mass is 581 g/mol. The number of aromatic nitrogens is 4. The minimum atomic E-state index is -0.452. The summed E-state index contributed by atoms with van der Waals surface area (Å²) < 4.78 is 6.82. The van der Waals surface area contributed by atoms with Crippen molar-refractivity contribution in [2.24, 2.45) is 0 Å². The highest BCUT2D eigenvalue weighted by molar-refractivity contribution is 6.24. The summed E-state index contributed by atoms with van der Waals surface area (Å²) in [6.45, 7) is 4.49. The molecular formula is C39H27N5O. The van der Waals surface area contributed by atoms with Crippen molar-refractivity contribution in [3.63, 3.8) is 0 Å². The topological polar surface area (TPSA) is 67.9 Å². The molecule has 0 radical (unpaired) electrons. The van der Waals surface area contributed by atoms with Crippen molar-refractivity contribution in [2.75, 3.05) is 4.90 Å². The van der Waals surface area contributed by atoms with Crippen LogP contribution in [0.3, 0.4) is 0 Å². The summed E-state index contributed by atoms with van der Waals surface area (Å²) in [6, 6.07) is 37.0. The third-order valence-corrected chi connectivity index (χ3v) is 8.92. The lowest BCUT2D eigenvalue weighted by molar-refractivity contribution is 0.608. The van der Waals surface area contributed by atoms with Crippen molar-refractivity contribution >= 4 is 49.9 Å². The first kappa shape index (κ1) is 25.6. The molecule has 0 N–H and O–H groups in total. The first-order valence-electron chi connectivity index (χ1n) is 15.1. The van der Waals surface area contributed by atoms with E-state index in [-0.39, 0.29) is 0 Å². The molecule has 8 aromatic rings. The van der Waals surface area contributed by atoms with Crippen LogP contribution in [0, 0.1) is 0 Å². The van der Waals surface area contributed by atoms with Gasteiger partial charge in [-0.25, -0.2) is 9.97 Å². The summed E-state index contributed by atoms with van der Waals surface area (Å²) in [5, 5.41) is 4.27. The van der Waals surface area contributed by atoms with Crippen molar-refractivity contribution < 1.29 is 4.42 Å². The van der Waals surface area contributed by atoms with E-state index in [1.807, 2.05) is 73.2 Å². The maximum absolute atomic E-state index is 6.82. The predicted molar refractivity (Wildman–Crippen MR) is 180 cm³/mol. The molecule has 0 fully saturated rings. The van der Waals surface area contributed by atoms with Crippen LogP contribution in [-0.2, 0) is 5.41 Å². The molecule has 0 bridgehead atoms. The third kappa shape index (κ3) is 3.75. The number of hydrogen-bond donors (Lipinski definition) is 0. The molecular weight excluding hydrogens is 554 g/mol. The van der Waals surface area contributed by atoms with Gasteiger partial charge in [0.2, 0.25) is 0 Å². The summed E-state index contributed by atoms with van der Waals surface area (Å²) in [5.41, 5.74) is 7.98. The number of rotatable bonds is 3. The highest BCUT2D eigenvalue weighted by Crippen LogP contribution is 2.57. The maximum Gasteiger partial charge on any atom is 0.162 e. The normalized spacial score (nSPS) is 13.7. The lowest BCUT2D eigenvalue weighted by Crippen LogP contribution is -2.32. The van der Waals surface area contributed by atoms with Crippen molar-refractivity contribution in [1.82, 2.24) is 19.9 Å². The Balaban J connectivity index is 1.45. The largest absolute Gasteiger partial charge is 0.454 e. The number of benzene rings is 4. The smallest absolute Gasteiger partial charge is 0.162 e. The van der Waals surface area contributed by atoms with Gasteiger partial charge in [-0.3, -0.25) is 14.9 Å². The van der Waals surface area contributed by atoms with E-state index in [2.05, 4.69) is 78.3 Å². The Morgan fingerprint density at radius 1 is 0.689 bits per heavy atom. The van der Waals surface area contributed by atoms with E-state index in [0.29, 0.717) is 5.82 Å². The number of anilines is 3. The van der Waals surface area contributed by atoms with Gasteiger partial charge < -0.3 is 4.42 Å². The average Bonchev–Trinajstić information content (AvgIpc) is 3.49. The molecule has 4 aromatic carbocycles. The van der Waals surface area contributed by atoms with Gasteiger partial charge in [0.05, 0.1) is 22.8 Å². The molecule has 1 aliphatic rings. The molecule has 0 unspecified atom stereocenters. The van der Waals surface area contributed by atoms with Crippen molar-refractivity contribution in [2.45, 2.75) is 19.3 Å². The van der Waals surface area contributed by atoms with Gasteiger partial charge in [-0.2, -0.15) is 0 Å². The number of fused-ring (bicyclic) bond motifs is 9. The zero-order valence-electron chi connectivity index (χ0n) is 24.8. The molecule has 0 saturated heterocycles. The number of pyridine rings is 2. The molecule has 5 heterocycles. The van der Waals surface area contributed by atoms with E-state index >= 15 is 0 Å². The van der Waals surface area contributed by atoms with Crippen LogP contribution in [0.5, 0.6) is 0 Å². The van der Waals surface area contributed by atoms with Gasteiger partial charge in [-0.05, 0) is 49.1 Å². The molecule has 1 aliphatic heterocycles. The third-order valence-electron chi connectivity index (χ3n) is 8.92. The number of hydrogen-bond acceptors (Lipinski definition) is 6. The van der Waals surface area contributed by atoms with E-state index in [1.165, 1.54) is 0 Å². The van der Waals surface area contributed by atoms with E-state index in [0.717, 1.165) is 78.0 Å². The second-order valence-corrected chi connectivity index (χ2v) is 11.9. The molecule has 0 saturated carbocycles. The highest BCUT2D eigenvalue weighted by Gasteiger charge is 2.42. The Hall–Kier alpha value is -5.88. The van der Waals surface area contributed by atoms with Crippen LogP contribution in [0.2, 0.25) is 0 Å². The Morgan fingerprint density at radius 2 is 1.44 bits per heavy atom. The number of para-hydroxylation sites is 1. The van der Waals surface area contributed by atoms with E-state index < -0.39 is 5.41 Å². The van der Waals surface area contributed by atoms with Gasteiger partial charge in [0.25, 0.3) is 0 Å². The quantitative estimate of drug-likeness (QED) is 0.207. The van der Waals surface area contributed by atoms with Gasteiger partial charge in [0, 0.05) is 57.4 Å². The molecule has 0 spiro atoms. The summed E-state index contributed by atoms with van der Waals surface area (Å²) in [5.74, 6) is 1.39. The molecule has 9 rings (SSSR count). The molecule has 0 aliphatic carbocycles. The van der Waals surface area contributed by atoms with Crippen molar-refractivity contribution in [3.05, 3.63) is 139 Å². The second kappa shape index (κ2) is 9.56. The van der Waals surface area contributed by atoms with Crippen LogP contribution in [0.15, 0.2) is 132 Å². The summed E-state index contributed by atoms with van der Waals surface area (Å²) in [7, 11) is 0. The first-order valence-corrected chi connectivity index (χ1v) is 15.1. The zero-order valence-corrected chi connectivity index (χ0v) is 24.8. The number of furan rings is 1. The minimum Gasteiger partial charge on any atom is -0.454 e. The molecule has 6 heteroatoms. The van der Waals surface area contributed by atoms with Crippen molar-refractivity contribution in [1.29, 1.82) is 0 Å². The van der Waals surface area contributed by atoms with Gasteiger partial charge in [-0.1, -0.05) is 78.9 Å². The van der Waals surface area contributed by atoms with Crippen molar-refractivity contribution in [3.8, 4) is 22.6 Å². The van der Waals surface area contributed by atoms with Crippen LogP contribution in [0.25, 0.3) is 55.4 Å². The first-order chi connectivity index (χ1) is 22.1. The van der Waals surface area contributed by atoms with Gasteiger partial charge in [-0.15, -0.1) is 0 Å². The fraction of sp³-hybridized carbons (Fsp3) is 0.0769. The Morgan fingerprint density at radius 3 is 2.27 bits per heavy atom. The Bertz CT molecular complexity index is 2360. The molecule has 45 heavy (non-hydrogen) atoms. The standard InChI is InChI=1S/C39H27N5O/c1-39(2)34-26-19-21-40-23-28(26)33-27-16-9-10-18-31(27)45-36(33)35(34)44(30-17-11-20-41-37(30)39)32-22-29(24-12-5-3-6-13-24)42-38(43-32)25-14-7-4-8-15-25/h3-23H,1-2H3. The second-order valence-electron chi connectivity index (χ2n) is 11.9. The minimum absolute atomic E-state index is 0.452. The Kier molecular flexibility index (Phi) is 5.44. The molecule has 0 amide bonds. The fourth-order valence-electron chi connectivity index (χ4n) is 6.94. The lowest BCUT2D eigenvalue weighted by atomic mass is 9.74. The van der Waals surface area contributed by atoms with Crippen LogP contribution in [-0.4, -0.2) is 19.9 Å². The van der Waals surface area contributed by atoms with Crippen LogP contribution in [0.4, 0.5) is 17.2 Å². The Labute approximate surface area is 259 Å². The van der Waals surface area contributed by atoms with Crippen LogP contribution < -0.4 is 4.90 Å². The highest BCUT2D eigenvalue weighted by atomic mass is 16.3. The molecule has 214 valence electrons. The van der Waals surface area contributed by atoms with Crippen LogP contribution >= 0.6 is 0 Å². The predicted octanol–water partition coefficient (Wildman–Crippen LogP) is 9.76.